The molecule has 0 bridgehead atoms. The Labute approximate surface area is 129 Å². The summed E-state index contributed by atoms with van der Waals surface area (Å²) >= 11 is 6.00. The minimum Gasteiger partial charge on any atom is -0.488 e. The number of amides is 1. The molecule has 1 amide bonds. The van der Waals surface area contributed by atoms with E-state index in [4.69, 9.17) is 16.3 Å². The summed E-state index contributed by atoms with van der Waals surface area (Å²) < 4.78 is 5.66. The molecule has 1 N–H and O–H groups in total. The molecule has 1 fully saturated rings. The van der Waals surface area contributed by atoms with Gasteiger partial charge in [-0.2, -0.15) is 0 Å². The van der Waals surface area contributed by atoms with Crippen LogP contribution < -0.4 is 10.1 Å². The minimum atomic E-state index is 0.0789. The third-order valence-corrected chi connectivity index (χ3v) is 4.38. The third-order valence-electron chi connectivity index (χ3n) is 4.15. The van der Waals surface area contributed by atoms with Crippen LogP contribution in [0.5, 0.6) is 5.75 Å². The van der Waals surface area contributed by atoms with Crippen molar-refractivity contribution in [2.24, 2.45) is 0 Å². The van der Waals surface area contributed by atoms with Crippen molar-refractivity contribution in [3.8, 4) is 5.75 Å². The van der Waals surface area contributed by atoms with Crippen molar-refractivity contribution in [3.63, 3.8) is 0 Å². The Morgan fingerprint density at radius 2 is 2.14 bits per heavy atom. The SMILES string of the molecule is CNC1CCN(C(=O)C2=Cc3cc(Cl)ccc3OC2)CC1. The Kier molecular flexibility index (Phi) is 4.17. The van der Waals surface area contributed by atoms with Gasteiger partial charge in [0.05, 0.1) is 5.57 Å². The molecule has 5 heteroatoms. The van der Waals surface area contributed by atoms with Gasteiger partial charge in [0.2, 0.25) is 0 Å². The van der Waals surface area contributed by atoms with E-state index in [1.54, 1.807) is 6.07 Å². The Hall–Kier alpha value is -1.52. The lowest BCUT2D eigenvalue weighted by Gasteiger charge is -2.33. The molecular weight excluding hydrogens is 288 g/mol. The lowest BCUT2D eigenvalue weighted by Crippen LogP contribution is -2.45. The van der Waals surface area contributed by atoms with Gasteiger partial charge in [0.1, 0.15) is 12.4 Å². The van der Waals surface area contributed by atoms with Crippen LogP contribution in [0.4, 0.5) is 0 Å². The van der Waals surface area contributed by atoms with E-state index in [9.17, 15) is 4.79 Å². The lowest BCUT2D eigenvalue weighted by molar-refractivity contribution is -0.128. The van der Waals surface area contributed by atoms with E-state index in [-0.39, 0.29) is 5.91 Å². The van der Waals surface area contributed by atoms with E-state index < -0.39 is 0 Å². The number of likely N-dealkylation sites (tertiary alicyclic amines) is 1. The van der Waals surface area contributed by atoms with Crippen molar-refractivity contribution in [1.29, 1.82) is 0 Å². The molecule has 1 aromatic carbocycles. The first-order chi connectivity index (χ1) is 10.2. The predicted molar refractivity (Wildman–Crippen MR) is 83.6 cm³/mol. The van der Waals surface area contributed by atoms with Crippen molar-refractivity contribution in [3.05, 3.63) is 34.4 Å². The summed E-state index contributed by atoms with van der Waals surface area (Å²) in [5.74, 6) is 0.861. The fourth-order valence-electron chi connectivity index (χ4n) is 2.85. The number of benzene rings is 1. The molecule has 0 aliphatic carbocycles. The van der Waals surface area contributed by atoms with E-state index in [2.05, 4.69) is 5.32 Å². The smallest absolute Gasteiger partial charge is 0.253 e. The monoisotopic (exact) mass is 306 g/mol. The highest BCUT2D eigenvalue weighted by Crippen LogP contribution is 2.29. The molecular formula is C16H19ClN2O2. The van der Waals surface area contributed by atoms with Gasteiger partial charge in [0.25, 0.3) is 5.91 Å². The molecule has 0 spiro atoms. The number of carbonyl (C=O) groups excluding carboxylic acids is 1. The number of hydrogen-bond acceptors (Lipinski definition) is 3. The number of fused-ring (bicyclic) bond motifs is 1. The van der Waals surface area contributed by atoms with Crippen LogP contribution in [0.25, 0.3) is 6.08 Å². The van der Waals surface area contributed by atoms with Gasteiger partial charge in [0.15, 0.2) is 0 Å². The van der Waals surface area contributed by atoms with Crippen molar-refractivity contribution in [1.82, 2.24) is 10.2 Å². The number of carbonyl (C=O) groups is 1. The van der Waals surface area contributed by atoms with Crippen LogP contribution in [-0.4, -0.2) is 43.6 Å². The van der Waals surface area contributed by atoms with Gasteiger partial charge in [-0.05, 0) is 44.2 Å². The molecule has 0 unspecified atom stereocenters. The Morgan fingerprint density at radius 1 is 1.38 bits per heavy atom. The molecule has 0 aromatic heterocycles. The third kappa shape index (κ3) is 3.06. The first-order valence-corrected chi connectivity index (χ1v) is 7.64. The van der Waals surface area contributed by atoms with Crippen LogP contribution in [0.2, 0.25) is 5.02 Å². The van der Waals surface area contributed by atoms with E-state index in [0.717, 1.165) is 37.2 Å². The van der Waals surface area contributed by atoms with Crippen molar-refractivity contribution in [2.45, 2.75) is 18.9 Å². The lowest BCUT2D eigenvalue weighted by atomic mass is 10.0. The second-order valence-electron chi connectivity index (χ2n) is 5.50. The van der Waals surface area contributed by atoms with Crippen LogP contribution in [-0.2, 0) is 4.79 Å². The van der Waals surface area contributed by atoms with Gasteiger partial charge < -0.3 is 15.0 Å². The summed E-state index contributed by atoms with van der Waals surface area (Å²) in [6.07, 6.45) is 3.90. The van der Waals surface area contributed by atoms with Crippen molar-refractivity contribution in [2.75, 3.05) is 26.7 Å². The van der Waals surface area contributed by atoms with Crippen molar-refractivity contribution >= 4 is 23.6 Å². The molecule has 21 heavy (non-hydrogen) atoms. The number of ether oxygens (including phenoxy) is 1. The normalized spacial score (nSPS) is 18.8. The van der Waals surface area contributed by atoms with Gasteiger partial charge in [-0.15, -0.1) is 0 Å². The van der Waals surface area contributed by atoms with Gasteiger partial charge in [-0.3, -0.25) is 4.79 Å². The maximum Gasteiger partial charge on any atom is 0.253 e. The Morgan fingerprint density at radius 3 is 2.86 bits per heavy atom. The molecule has 2 heterocycles. The van der Waals surface area contributed by atoms with Crippen LogP contribution in [0.1, 0.15) is 18.4 Å². The molecule has 4 nitrogen and oxygen atoms in total. The predicted octanol–water partition coefficient (Wildman–Crippen LogP) is 2.33. The maximum absolute atomic E-state index is 12.6. The zero-order valence-electron chi connectivity index (χ0n) is 12.1. The zero-order valence-corrected chi connectivity index (χ0v) is 12.8. The van der Waals surface area contributed by atoms with E-state index in [0.29, 0.717) is 23.2 Å². The van der Waals surface area contributed by atoms with E-state index in [1.165, 1.54) is 0 Å². The average Bonchev–Trinajstić information content (AvgIpc) is 2.53. The molecule has 1 saturated heterocycles. The second-order valence-corrected chi connectivity index (χ2v) is 5.93. The number of rotatable bonds is 2. The van der Waals surface area contributed by atoms with Crippen molar-refractivity contribution < 1.29 is 9.53 Å². The first-order valence-electron chi connectivity index (χ1n) is 7.27. The average molecular weight is 307 g/mol. The largest absolute Gasteiger partial charge is 0.488 e. The number of hydrogen-bond donors (Lipinski definition) is 1. The minimum absolute atomic E-state index is 0.0789. The second kappa shape index (κ2) is 6.08. The summed E-state index contributed by atoms with van der Waals surface area (Å²) in [7, 11) is 1.97. The Balaban J connectivity index is 1.74. The molecule has 0 atom stereocenters. The molecule has 2 aliphatic rings. The van der Waals surface area contributed by atoms with E-state index >= 15 is 0 Å². The Bertz CT molecular complexity index is 578. The van der Waals surface area contributed by atoms with E-state index in [1.807, 2.05) is 30.2 Å². The summed E-state index contributed by atoms with van der Waals surface area (Å²) in [4.78, 5) is 14.5. The number of nitrogens with one attached hydrogen (secondary N) is 1. The van der Waals surface area contributed by atoms with Crippen LogP contribution in [0.3, 0.4) is 0 Å². The summed E-state index contributed by atoms with van der Waals surface area (Å²) in [5, 5.41) is 3.92. The standard InChI is InChI=1S/C16H19ClN2O2/c1-18-14-4-6-19(7-5-14)16(20)12-8-11-9-13(17)2-3-15(11)21-10-12/h2-3,8-9,14,18H,4-7,10H2,1H3. The zero-order chi connectivity index (χ0) is 14.8. The quantitative estimate of drug-likeness (QED) is 0.912. The highest BCUT2D eigenvalue weighted by atomic mass is 35.5. The summed E-state index contributed by atoms with van der Waals surface area (Å²) in [5.41, 5.74) is 1.58. The molecule has 1 aromatic rings. The topological polar surface area (TPSA) is 41.6 Å². The molecule has 112 valence electrons. The number of piperidine rings is 1. The highest BCUT2D eigenvalue weighted by molar-refractivity contribution is 6.30. The molecule has 3 rings (SSSR count). The maximum atomic E-state index is 12.6. The van der Waals surface area contributed by atoms with Gasteiger partial charge >= 0.3 is 0 Å². The molecule has 2 aliphatic heterocycles. The fraction of sp³-hybridized carbons (Fsp3) is 0.438. The highest BCUT2D eigenvalue weighted by Gasteiger charge is 2.26. The number of nitrogens with zero attached hydrogens (tertiary/aromatic N) is 1. The first kappa shape index (κ1) is 14.4. The van der Waals surface area contributed by atoms with Crippen LogP contribution in [0.15, 0.2) is 23.8 Å². The van der Waals surface area contributed by atoms with Gasteiger partial charge in [0, 0.05) is 29.7 Å². The number of halogens is 1. The van der Waals surface area contributed by atoms with Crippen LogP contribution >= 0.6 is 11.6 Å². The molecule has 0 saturated carbocycles. The van der Waals surface area contributed by atoms with Crippen LogP contribution in [0, 0.1) is 0 Å². The summed E-state index contributed by atoms with van der Waals surface area (Å²) in [6.45, 7) is 1.92. The van der Waals surface area contributed by atoms with Gasteiger partial charge in [-0.25, -0.2) is 0 Å². The van der Waals surface area contributed by atoms with Gasteiger partial charge in [-0.1, -0.05) is 11.6 Å². The molecule has 0 radical (unpaired) electrons. The fourth-order valence-corrected chi connectivity index (χ4v) is 3.03. The summed E-state index contributed by atoms with van der Waals surface area (Å²) in [6, 6.07) is 5.98.